The fourth-order valence-corrected chi connectivity index (χ4v) is 1.99. The maximum Gasteiger partial charge on any atom is 0.338 e. The molecule has 0 fully saturated rings. The molecule has 0 heterocycles. The van der Waals surface area contributed by atoms with E-state index in [2.05, 4.69) is 0 Å². The molecule has 2 rings (SSSR count). The van der Waals surface area contributed by atoms with Crippen molar-refractivity contribution in [2.75, 3.05) is 13.7 Å². The van der Waals surface area contributed by atoms with Gasteiger partial charge < -0.3 is 9.47 Å². The third kappa shape index (κ3) is 5.15. The largest absolute Gasteiger partial charge is 0.497 e. The lowest BCUT2D eigenvalue weighted by atomic mass is 10.1. The molecule has 0 atom stereocenters. The van der Waals surface area contributed by atoms with Gasteiger partial charge in [-0.05, 0) is 42.3 Å². The number of carbonyl (C=O) groups is 1. The van der Waals surface area contributed by atoms with Gasteiger partial charge >= 0.3 is 5.97 Å². The molecule has 0 bridgehead atoms. The van der Waals surface area contributed by atoms with E-state index >= 15 is 0 Å². The van der Waals surface area contributed by atoms with Crippen LogP contribution in [0.5, 0.6) is 5.75 Å². The van der Waals surface area contributed by atoms with Crippen molar-refractivity contribution in [1.82, 2.24) is 0 Å². The minimum atomic E-state index is -0.289. The topological polar surface area (TPSA) is 35.5 Å². The van der Waals surface area contributed by atoms with E-state index in [1.54, 1.807) is 26.2 Å². The Balaban J connectivity index is 1.94. The first-order valence-electron chi connectivity index (χ1n) is 7.49. The SMILES string of the molecule is CCOC(=O)c1ccc(/C=C/C=C/c2ccc(OC)cc2)cc1. The molecule has 0 unspecified atom stereocenters. The monoisotopic (exact) mass is 308 g/mol. The van der Waals surface area contributed by atoms with Crippen molar-refractivity contribution in [2.45, 2.75) is 6.92 Å². The smallest absolute Gasteiger partial charge is 0.338 e. The van der Waals surface area contributed by atoms with Gasteiger partial charge in [0.1, 0.15) is 5.75 Å². The second-order valence-corrected chi connectivity index (χ2v) is 4.83. The Morgan fingerprint density at radius 3 is 1.91 bits per heavy atom. The van der Waals surface area contributed by atoms with Gasteiger partial charge in [-0.15, -0.1) is 0 Å². The van der Waals surface area contributed by atoms with Gasteiger partial charge in [0, 0.05) is 0 Å². The number of methoxy groups -OCH3 is 1. The van der Waals surface area contributed by atoms with Gasteiger partial charge in [-0.2, -0.15) is 0 Å². The zero-order valence-electron chi connectivity index (χ0n) is 13.4. The molecular formula is C20H20O3. The molecule has 0 aliphatic carbocycles. The van der Waals surface area contributed by atoms with Crippen LogP contribution in [0.2, 0.25) is 0 Å². The lowest BCUT2D eigenvalue weighted by Gasteiger charge is -2.01. The summed E-state index contributed by atoms with van der Waals surface area (Å²) >= 11 is 0. The number of allylic oxidation sites excluding steroid dienone is 2. The van der Waals surface area contributed by atoms with Crippen molar-refractivity contribution in [3.05, 3.63) is 77.4 Å². The van der Waals surface area contributed by atoms with Crippen LogP contribution >= 0.6 is 0 Å². The second kappa shape index (κ2) is 8.59. The van der Waals surface area contributed by atoms with E-state index in [0.29, 0.717) is 12.2 Å². The highest BCUT2D eigenvalue weighted by molar-refractivity contribution is 5.89. The molecule has 3 nitrogen and oxygen atoms in total. The highest BCUT2D eigenvalue weighted by atomic mass is 16.5. The molecule has 0 amide bonds. The molecule has 0 spiro atoms. The fourth-order valence-electron chi connectivity index (χ4n) is 1.99. The molecule has 0 saturated carbocycles. The number of esters is 1. The first kappa shape index (κ1) is 16.6. The molecule has 0 aromatic heterocycles. The summed E-state index contributed by atoms with van der Waals surface area (Å²) in [6.45, 7) is 2.18. The van der Waals surface area contributed by atoms with Crippen LogP contribution in [-0.2, 0) is 4.74 Å². The van der Waals surface area contributed by atoms with E-state index in [9.17, 15) is 4.79 Å². The zero-order valence-corrected chi connectivity index (χ0v) is 13.4. The molecule has 2 aromatic carbocycles. The highest BCUT2D eigenvalue weighted by Crippen LogP contribution is 2.12. The molecule has 2 aromatic rings. The molecular weight excluding hydrogens is 288 g/mol. The van der Waals surface area contributed by atoms with Gasteiger partial charge in [0.05, 0.1) is 19.3 Å². The van der Waals surface area contributed by atoms with Gasteiger partial charge in [0.25, 0.3) is 0 Å². The number of hydrogen-bond acceptors (Lipinski definition) is 3. The molecule has 3 heteroatoms. The second-order valence-electron chi connectivity index (χ2n) is 4.83. The van der Waals surface area contributed by atoms with Crippen molar-refractivity contribution in [3.8, 4) is 5.75 Å². The third-order valence-electron chi connectivity index (χ3n) is 3.23. The van der Waals surface area contributed by atoms with Crippen molar-refractivity contribution >= 4 is 18.1 Å². The lowest BCUT2D eigenvalue weighted by Crippen LogP contribution is -2.03. The predicted octanol–water partition coefficient (Wildman–Crippen LogP) is 4.60. The summed E-state index contributed by atoms with van der Waals surface area (Å²) in [5.74, 6) is 0.557. The van der Waals surface area contributed by atoms with Crippen molar-refractivity contribution in [1.29, 1.82) is 0 Å². The minimum absolute atomic E-state index is 0.289. The van der Waals surface area contributed by atoms with Gasteiger partial charge in [0.15, 0.2) is 0 Å². The number of ether oxygens (including phenoxy) is 2. The first-order valence-corrected chi connectivity index (χ1v) is 7.49. The zero-order chi connectivity index (χ0) is 16.5. The molecule has 0 N–H and O–H groups in total. The Morgan fingerprint density at radius 1 is 0.913 bits per heavy atom. The average Bonchev–Trinajstić information content (AvgIpc) is 2.60. The summed E-state index contributed by atoms with van der Waals surface area (Å²) in [5.41, 5.74) is 2.70. The summed E-state index contributed by atoms with van der Waals surface area (Å²) in [6.07, 6.45) is 7.93. The molecule has 0 saturated heterocycles. The third-order valence-corrected chi connectivity index (χ3v) is 3.23. The summed E-state index contributed by atoms with van der Waals surface area (Å²) in [6, 6.07) is 15.2. The summed E-state index contributed by atoms with van der Waals surface area (Å²) in [5, 5.41) is 0. The first-order chi connectivity index (χ1) is 11.2. The Labute approximate surface area is 136 Å². The van der Waals surface area contributed by atoms with E-state index in [1.165, 1.54) is 0 Å². The van der Waals surface area contributed by atoms with Gasteiger partial charge in [-0.1, -0.05) is 48.6 Å². The van der Waals surface area contributed by atoms with E-state index in [0.717, 1.165) is 16.9 Å². The fraction of sp³-hybridized carbons (Fsp3) is 0.150. The number of carbonyl (C=O) groups excluding carboxylic acids is 1. The maximum absolute atomic E-state index is 11.6. The van der Waals surface area contributed by atoms with Crippen LogP contribution in [0.15, 0.2) is 60.7 Å². The van der Waals surface area contributed by atoms with Crippen LogP contribution in [0.25, 0.3) is 12.2 Å². The van der Waals surface area contributed by atoms with E-state index < -0.39 is 0 Å². The molecule has 23 heavy (non-hydrogen) atoms. The highest BCUT2D eigenvalue weighted by Gasteiger charge is 2.04. The Kier molecular flexibility index (Phi) is 6.18. The van der Waals surface area contributed by atoms with Crippen LogP contribution in [0, 0.1) is 0 Å². The number of rotatable bonds is 6. The Morgan fingerprint density at radius 2 is 1.43 bits per heavy atom. The Bertz CT molecular complexity index is 680. The van der Waals surface area contributed by atoms with Crippen molar-refractivity contribution in [2.24, 2.45) is 0 Å². The molecule has 0 aliphatic rings. The summed E-state index contributed by atoms with van der Waals surface area (Å²) in [7, 11) is 1.65. The standard InChI is InChI=1S/C20H20O3/c1-3-23-20(21)18-12-8-16(9-13-18)6-4-5-7-17-10-14-19(22-2)15-11-17/h4-15H,3H2,1-2H3/b6-4+,7-5+. The van der Waals surface area contributed by atoms with Crippen molar-refractivity contribution in [3.63, 3.8) is 0 Å². The normalized spacial score (nSPS) is 11.0. The maximum atomic E-state index is 11.6. The number of benzene rings is 2. The lowest BCUT2D eigenvalue weighted by molar-refractivity contribution is 0.0526. The molecule has 118 valence electrons. The summed E-state index contributed by atoms with van der Waals surface area (Å²) < 4.78 is 10.1. The van der Waals surface area contributed by atoms with Crippen LogP contribution in [-0.4, -0.2) is 19.7 Å². The van der Waals surface area contributed by atoms with Crippen LogP contribution < -0.4 is 4.74 Å². The Hall–Kier alpha value is -2.81. The van der Waals surface area contributed by atoms with Gasteiger partial charge in [-0.25, -0.2) is 4.79 Å². The van der Waals surface area contributed by atoms with E-state index in [-0.39, 0.29) is 5.97 Å². The van der Waals surface area contributed by atoms with E-state index in [4.69, 9.17) is 9.47 Å². The van der Waals surface area contributed by atoms with Gasteiger partial charge in [-0.3, -0.25) is 0 Å². The van der Waals surface area contributed by atoms with Crippen molar-refractivity contribution < 1.29 is 14.3 Å². The molecule has 0 aliphatic heterocycles. The minimum Gasteiger partial charge on any atom is -0.497 e. The van der Waals surface area contributed by atoms with Crippen LogP contribution in [0.3, 0.4) is 0 Å². The van der Waals surface area contributed by atoms with Crippen LogP contribution in [0.1, 0.15) is 28.4 Å². The summed E-state index contributed by atoms with van der Waals surface area (Å²) in [4.78, 5) is 11.6. The van der Waals surface area contributed by atoms with Crippen LogP contribution in [0.4, 0.5) is 0 Å². The average molecular weight is 308 g/mol. The number of hydrogen-bond donors (Lipinski definition) is 0. The molecule has 0 radical (unpaired) electrons. The quantitative estimate of drug-likeness (QED) is 0.578. The predicted molar refractivity (Wildman–Crippen MR) is 93.5 cm³/mol. The van der Waals surface area contributed by atoms with Gasteiger partial charge in [0.2, 0.25) is 0 Å². The van der Waals surface area contributed by atoms with E-state index in [1.807, 2.05) is 60.7 Å².